The number of rotatable bonds is 6. The van der Waals surface area contributed by atoms with E-state index in [9.17, 15) is 4.79 Å². The average molecular weight is 363 g/mol. The molecule has 1 fully saturated rings. The maximum absolute atomic E-state index is 12.4. The topological polar surface area (TPSA) is 55.6 Å². The van der Waals surface area contributed by atoms with Crippen LogP contribution in [0, 0.1) is 0 Å². The first-order valence-corrected chi connectivity index (χ1v) is 9.12. The number of hydrogen-bond acceptors (Lipinski definition) is 4. The van der Waals surface area contributed by atoms with Crippen LogP contribution in [0.3, 0.4) is 0 Å². The summed E-state index contributed by atoms with van der Waals surface area (Å²) in [6, 6.07) is 7.59. The number of likely N-dealkylation sites (tertiary alicyclic amines) is 1. The molecule has 0 spiro atoms. The van der Waals surface area contributed by atoms with E-state index in [1.165, 1.54) is 0 Å². The third-order valence-electron chi connectivity index (χ3n) is 4.43. The quantitative estimate of drug-likeness (QED) is 0.779. The largest absolute Gasteiger partial charge is 0.443 e. The van der Waals surface area contributed by atoms with Gasteiger partial charge in [0.05, 0.1) is 6.20 Å². The summed E-state index contributed by atoms with van der Waals surface area (Å²) in [6.07, 6.45) is 5.25. The first-order valence-electron chi connectivity index (χ1n) is 8.74. The van der Waals surface area contributed by atoms with Crippen molar-refractivity contribution in [3.63, 3.8) is 0 Å². The van der Waals surface area contributed by atoms with Gasteiger partial charge in [-0.3, -0.25) is 4.79 Å². The molecule has 6 heteroatoms. The lowest BCUT2D eigenvalue weighted by atomic mass is 10.0. The lowest BCUT2D eigenvalue weighted by molar-refractivity contribution is -0.140. The first kappa shape index (κ1) is 18.0. The highest BCUT2D eigenvalue weighted by Gasteiger charge is 2.31. The fraction of sp³-hybridized carbons (Fsp3) is 0.474. The van der Waals surface area contributed by atoms with E-state index in [2.05, 4.69) is 4.98 Å². The smallest absolute Gasteiger partial charge is 0.249 e. The Hall–Kier alpha value is -1.85. The van der Waals surface area contributed by atoms with Gasteiger partial charge in [0.1, 0.15) is 18.4 Å². The van der Waals surface area contributed by atoms with Crippen molar-refractivity contribution in [2.75, 3.05) is 19.8 Å². The third kappa shape index (κ3) is 4.41. The minimum absolute atomic E-state index is 0.00240. The van der Waals surface area contributed by atoms with E-state index in [1.54, 1.807) is 6.20 Å². The van der Waals surface area contributed by atoms with E-state index in [-0.39, 0.29) is 18.6 Å². The maximum atomic E-state index is 12.4. The van der Waals surface area contributed by atoms with Gasteiger partial charge in [0.25, 0.3) is 0 Å². The molecule has 5 nitrogen and oxygen atoms in total. The molecule has 0 N–H and O–H groups in total. The predicted molar refractivity (Wildman–Crippen MR) is 95.6 cm³/mol. The molecule has 1 aromatic heterocycles. The molecule has 3 rings (SSSR count). The molecule has 0 bridgehead atoms. The summed E-state index contributed by atoms with van der Waals surface area (Å²) in [5.41, 5.74) is 1.000. The van der Waals surface area contributed by atoms with E-state index in [1.807, 2.05) is 36.1 Å². The van der Waals surface area contributed by atoms with Gasteiger partial charge in [0.2, 0.25) is 11.8 Å². The van der Waals surface area contributed by atoms with Crippen LogP contribution in [-0.4, -0.2) is 35.5 Å². The molecule has 25 heavy (non-hydrogen) atoms. The van der Waals surface area contributed by atoms with Crippen LogP contribution < -0.4 is 0 Å². The predicted octanol–water partition coefficient (Wildman–Crippen LogP) is 4.01. The number of ether oxygens (including phenoxy) is 1. The van der Waals surface area contributed by atoms with Gasteiger partial charge >= 0.3 is 0 Å². The number of amides is 1. The Morgan fingerprint density at radius 3 is 3.04 bits per heavy atom. The van der Waals surface area contributed by atoms with Crippen molar-refractivity contribution in [2.24, 2.45) is 0 Å². The van der Waals surface area contributed by atoms with Crippen molar-refractivity contribution in [1.29, 1.82) is 0 Å². The van der Waals surface area contributed by atoms with Gasteiger partial charge in [-0.05, 0) is 37.8 Å². The van der Waals surface area contributed by atoms with Crippen LogP contribution in [0.1, 0.15) is 49.4 Å². The standard InChI is InChI=1S/C19H23ClN2O3/c1-2-24-13-18(23)22-10-6-5-9-17(22)19-21-12-15(25-19)11-14-7-3-4-8-16(14)20/h3-4,7-8,12,17H,2,5-6,9-11,13H2,1H3/t17-/m0/s1. The zero-order valence-corrected chi connectivity index (χ0v) is 15.2. The van der Waals surface area contributed by atoms with Crippen LogP contribution in [-0.2, 0) is 16.0 Å². The Balaban J connectivity index is 1.73. The summed E-state index contributed by atoms with van der Waals surface area (Å²) >= 11 is 6.21. The molecule has 0 unspecified atom stereocenters. The van der Waals surface area contributed by atoms with Crippen LogP contribution in [0.5, 0.6) is 0 Å². The van der Waals surface area contributed by atoms with Gasteiger partial charge in [0.15, 0.2) is 0 Å². The van der Waals surface area contributed by atoms with Gasteiger partial charge in [0, 0.05) is 24.6 Å². The Morgan fingerprint density at radius 2 is 2.24 bits per heavy atom. The number of halogens is 1. The number of aromatic nitrogens is 1. The monoisotopic (exact) mass is 362 g/mol. The second kappa shape index (κ2) is 8.50. The van der Waals surface area contributed by atoms with Gasteiger partial charge in [-0.15, -0.1) is 0 Å². The Labute approximate surface area is 152 Å². The molecule has 1 aliphatic heterocycles. The average Bonchev–Trinajstić information content (AvgIpc) is 3.10. The van der Waals surface area contributed by atoms with Crippen LogP contribution in [0.15, 0.2) is 34.9 Å². The molecule has 0 radical (unpaired) electrons. The van der Waals surface area contributed by atoms with Crippen molar-refractivity contribution >= 4 is 17.5 Å². The molecule has 1 aliphatic rings. The van der Waals surface area contributed by atoms with E-state index in [0.717, 1.165) is 37.1 Å². The van der Waals surface area contributed by atoms with Crippen LogP contribution in [0.4, 0.5) is 0 Å². The molecular weight excluding hydrogens is 340 g/mol. The molecular formula is C19H23ClN2O3. The number of carbonyl (C=O) groups is 1. The van der Waals surface area contributed by atoms with E-state index < -0.39 is 0 Å². The lowest BCUT2D eigenvalue weighted by Crippen LogP contribution is -2.40. The molecule has 1 saturated heterocycles. The minimum Gasteiger partial charge on any atom is -0.443 e. The number of piperidine rings is 1. The van der Waals surface area contributed by atoms with E-state index >= 15 is 0 Å². The number of nitrogens with zero attached hydrogens (tertiary/aromatic N) is 2. The fourth-order valence-electron chi connectivity index (χ4n) is 3.15. The van der Waals surface area contributed by atoms with Gasteiger partial charge in [-0.1, -0.05) is 29.8 Å². The van der Waals surface area contributed by atoms with Crippen molar-refractivity contribution in [2.45, 2.75) is 38.6 Å². The molecule has 0 aliphatic carbocycles. The minimum atomic E-state index is -0.110. The number of hydrogen-bond donors (Lipinski definition) is 0. The van der Waals surface area contributed by atoms with E-state index in [0.29, 0.717) is 23.9 Å². The first-order chi connectivity index (χ1) is 12.2. The summed E-state index contributed by atoms with van der Waals surface area (Å²) < 4.78 is 11.2. The number of oxazole rings is 1. The highest BCUT2D eigenvalue weighted by molar-refractivity contribution is 6.31. The summed E-state index contributed by atoms with van der Waals surface area (Å²) in [5, 5.41) is 0.714. The highest BCUT2D eigenvalue weighted by Crippen LogP contribution is 2.31. The van der Waals surface area contributed by atoms with E-state index in [4.69, 9.17) is 20.8 Å². The summed E-state index contributed by atoms with van der Waals surface area (Å²) in [4.78, 5) is 18.7. The lowest BCUT2D eigenvalue weighted by Gasteiger charge is -2.33. The van der Waals surface area contributed by atoms with Gasteiger partial charge < -0.3 is 14.1 Å². The van der Waals surface area contributed by atoms with Crippen molar-refractivity contribution < 1.29 is 13.9 Å². The highest BCUT2D eigenvalue weighted by atomic mass is 35.5. The third-order valence-corrected chi connectivity index (χ3v) is 4.80. The number of benzene rings is 1. The molecule has 2 aromatic rings. The van der Waals surface area contributed by atoms with Gasteiger partial charge in [-0.2, -0.15) is 0 Å². The zero-order chi connectivity index (χ0) is 17.6. The zero-order valence-electron chi connectivity index (χ0n) is 14.4. The van der Waals surface area contributed by atoms with Crippen molar-refractivity contribution in [1.82, 2.24) is 9.88 Å². The van der Waals surface area contributed by atoms with Crippen LogP contribution in [0.25, 0.3) is 0 Å². The van der Waals surface area contributed by atoms with Crippen LogP contribution >= 0.6 is 11.6 Å². The molecule has 2 heterocycles. The SMILES string of the molecule is CCOCC(=O)N1CCCC[C@H]1c1ncc(Cc2ccccc2Cl)o1. The Bertz CT molecular complexity index is 716. The van der Waals surface area contributed by atoms with Crippen molar-refractivity contribution in [3.8, 4) is 0 Å². The molecule has 1 amide bonds. The maximum Gasteiger partial charge on any atom is 0.249 e. The molecule has 1 aromatic carbocycles. The Kier molecular flexibility index (Phi) is 6.10. The van der Waals surface area contributed by atoms with Crippen molar-refractivity contribution in [3.05, 3.63) is 52.7 Å². The Morgan fingerprint density at radius 1 is 1.40 bits per heavy atom. The fourth-order valence-corrected chi connectivity index (χ4v) is 3.35. The summed E-state index contributed by atoms with van der Waals surface area (Å²) in [7, 11) is 0. The van der Waals surface area contributed by atoms with Gasteiger partial charge in [-0.25, -0.2) is 4.98 Å². The molecule has 134 valence electrons. The second-order valence-corrected chi connectivity index (χ2v) is 6.58. The normalized spacial score (nSPS) is 17.7. The van der Waals surface area contributed by atoms with Crippen LogP contribution in [0.2, 0.25) is 5.02 Å². The number of carbonyl (C=O) groups excluding carboxylic acids is 1. The molecule has 0 saturated carbocycles. The summed E-state index contributed by atoms with van der Waals surface area (Å²) in [6.45, 7) is 3.25. The summed E-state index contributed by atoms with van der Waals surface area (Å²) in [5.74, 6) is 1.36. The second-order valence-electron chi connectivity index (χ2n) is 6.17. The molecule has 1 atom stereocenters.